The molecule has 0 aliphatic heterocycles. The average Bonchev–Trinajstić information content (AvgIpc) is 2.58. The summed E-state index contributed by atoms with van der Waals surface area (Å²) < 4.78 is 30.1. The molecule has 0 aliphatic rings. The van der Waals surface area contributed by atoms with Gasteiger partial charge in [0.25, 0.3) is 0 Å². The maximum Gasteiger partial charge on any atom is 1.00 e. The summed E-state index contributed by atoms with van der Waals surface area (Å²) in [6, 6.07) is 0. The molecule has 0 spiro atoms. The second kappa shape index (κ2) is 20.5. The molecular weight excluding hydrogens is 379 g/mol. The standard InChI is InChI=1S/C19H36O5S.K.H/c1-3-4-5-6-7-8-9-10-11-12-13-14-15-16-17-18-19(20)24-25(21,22)23-2;;/h10-11H,3-9,12-18H2,1-2H3;;/q;+1;-1/b11-10-;;. The Morgan fingerprint density at radius 1 is 0.846 bits per heavy atom. The van der Waals surface area contributed by atoms with Crippen LogP contribution in [0.3, 0.4) is 0 Å². The van der Waals surface area contributed by atoms with Crippen molar-refractivity contribution < 1.29 is 74.4 Å². The van der Waals surface area contributed by atoms with Gasteiger partial charge in [-0.15, -0.1) is 0 Å². The molecule has 5 nitrogen and oxygen atoms in total. The zero-order valence-electron chi connectivity index (χ0n) is 18.0. The van der Waals surface area contributed by atoms with Crippen LogP contribution in [0.15, 0.2) is 12.2 Å². The molecule has 0 saturated heterocycles. The molecule has 0 heterocycles. The zero-order chi connectivity index (χ0) is 18.8. The molecule has 0 bridgehead atoms. The summed E-state index contributed by atoms with van der Waals surface area (Å²) in [4.78, 5) is 11.3. The number of hydrogen-bond acceptors (Lipinski definition) is 5. The van der Waals surface area contributed by atoms with E-state index in [1.807, 2.05) is 0 Å². The number of carbonyl (C=O) groups is 1. The van der Waals surface area contributed by atoms with Crippen LogP contribution < -0.4 is 51.4 Å². The first-order valence-electron chi connectivity index (χ1n) is 9.69. The van der Waals surface area contributed by atoms with Crippen molar-refractivity contribution in [3.8, 4) is 0 Å². The third-order valence-corrected chi connectivity index (χ3v) is 4.84. The van der Waals surface area contributed by atoms with E-state index in [1.54, 1.807) is 0 Å². The molecule has 150 valence electrons. The fourth-order valence-corrected chi connectivity index (χ4v) is 2.91. The van der Waals surface area contributed by atoms with E-state index in [2.05, 4.69) is 27.4 Å². The number of allylic oxidation sites excluding steroid dienone is 2. The molecule has 0 radical (unpaired) electrons. The number of rotatable bonds is 17. The molecule has 26 heavy (non-hydrogen) atoms. The predicted molar refractivity (Wildman–Crippen MR) is 103 cm³/mol. The van der Waals surface area contributed by atoms with Gasteiger partial charge in [-0.3, -0.25) is 4.79 Å². The first-order valence-corrected chi connectivity index (χ1v) is 11.0. The van der Waals surface area contributed by atoms with E-state index in [4.69, 9.17) is 0 Å². The van der Waals surface area contributed by atoms with Crippen LogP contribution in [0.4, 0.5) is 0 Å². The van der Waals surface area contributed by atoms with Gasteiger partial charge in [-0.2, -0.15) is 8.42 Å². The molecule has 0 rings (SSSR count). The third-order valence-electron chi connectivity index (χ3n) is 4.04. The molecule has 0 N–H and O–H groups in total. The van der Waals surface area contributed by atoms with E-state index in [-0.39, 0.29) is 59.2 Å². The minimum absolute atomic E-state index is 0. The van der Waals surface area contributed by atoms with Crippen LogP contribution in [0.1, 0.15) is 98.2 Å². The summed E-state index contributed by atoms with van der Waals surface area (Å²) in [6.45, 7) is 2.24. The predicted octanol–water partition coefficient (Wildman–Crippen LogP) is 2.57. The SMILES string of the molecule is CCCCCCCC/C=C\CCCCCCCC(=O)OS(=O)(=O)OC.[H-].[K+]. The van der Waals surface area contributed by atoms with Crippen molar-refractivity contribution in [1.29, 1.82) is 0 Å². The molecule has 0 aromatic rings. The van der Waals surface area contributed by atoms with E-state index in [0.29, 0.717) is 6.42 Å². The van der Waals surface area contributed by atoms with Gasteiger partial charge in [-0.1, -0.05) is 70.4 Å². The van der Waals surface area contributed by atoms with Gasteiger partial charge in [0.05, 0.1) is 7.11 Å². The summed E-state index contributed by atoms with van der Waals surface area (Å²) in [5.41, 5.74) is 0. The Morgan fingerprint density at radius 2 is 1.31 bits per heavy atom. The van der Waals surface area contributed by atoms with Gasteiger partial charge in [0.1, 0.15) is 0 Å². The van der Waals surface area contributed by atoms with Crippen molar-refractivity contribution >= 4 is 16.4 Å². The Morgan fingerprint density at radius 3 is 1.81 bits per heavy atom. The van der Waals surface area contributed by atoms with Crippen molar-refractivity contribution in [2.24, 2.45) is 0 Å². The molecule has 0 saturated carbocycles. The van der Waals surface area contributed by atoms with Crippen LogP contribution in [-0.4, -0.2) is 21.5 Å². The molecule has 0 atom stereocenters. The molecular formula is C19H37KO5S. The zero-order valence-corrected chi connectivity index (χ0v) is 20.9. The molecule has 0 amide bonds. The molecule has 0 fully saturated rings. The second-order valence-electron chi connectivity index (χ2n) is 6.36. The van der Waals surface area contributed by atoms with Crippen LogP contribution >= 0.6 is 0 Å². The van der Waals surface area contributed by atoms with Gasteiger partial charge in [-0.25, -0.2) is 4.18 Å². The molecule has 0 unspecified atom stereocenters. The van der Waals surface area contributed by atoms with Gasteiger partial charge in [-0.05, 0) is 32.1 Å². The minimum atomic E-state index is -4.15. The van der Waals surface area contributed by atoms with Crippen molar-refractivity contribution in [3.63, 3.8) is 0 Å². The monoisotopic (exact) mass is 416 g/mol. The third kappa shape index (κ3) is 21.1. The number of hydrogen-bond donors (Lipinski definition) is 0. The molecule has 0 aliphatic carbocycles. The average molecular weight is 417 g/mol. The minimum Gasteiger partial charge on any atom is -1.00 e. The van der Waals surface area contributed by atoms with Crippen molar-refractivity contribution in [3.05, 3.63) is 12.2 Å². The maximum atomic E-state index is 11.3. The summed E-state index contributed by atoms with van der Waals surface area (Å²) in [7, 11) is -3.18. The van der Waals surface area contributed by atoms with Gasteiger partial charge in [0, 0.05) is 6.42 Å². The fourth-order valence-electron chi connectivity index (χ4n) is 2.53. The van der Waals surface area contributed by atoms with Crippen molar-refractivity contribution in [2.75, 3.05) is 7.11 Å². The summed E-state index contributed by atoms with van der Waals surface area (Å²) in [5, 5.41) is 0. The van der Waals surface area contributed by atoms with Crippen LogP contribution in [0.2, 0.25) is 0 Å². The maximum absolute atomic E-state index is 11.3. The van der Waals surface area contributed by atoms with Crippen LogP contribution in [-0.2, 0) is 23.6 Å². The van der Waals surface area contributed by atoms with E-state index in [1.165, 1.54) is 44.9 Å². The fraction of sp³-hybridized carbons (Fsp3) is 0.842. The molecule has 0 aromatic carbocycles. The van der Waals surface area contributed by atoms with Crippen LogP contribution in [0.25, 0.3) is 0 Å². The number of unbranched alkanes of at least 4 members (excludes halogenated alkanes) is 11. The van der Waals surface area contributed by atoms with Crippen molar-refractivity contribution in [1.82, 2.24) is 0 Å². The number of carbonyl (C=O) groups excluding carboxylic acids is 1. The van der Waals surface area contributed by atoms with Crippen molar-refractivity contribution in [2.45, 2.75) is 96.8 Å². The smallest absolute Gasteiger partial charge is 1.00 e. The van der Waals surface area contributed by atoms with Crippen LogP contribution in [0.5, 0.6) is 0 Å². The van der Waals surface area contributed by atoms with Gasteiger partial charge in [0.2, 0.25) is 0 Å². The Labute approximate surface area is 204 Å². The molecule has 0 aromatic heterocycles. The quantitative estimate of drug-likeness (QED) is 0.207. The topological polar surface area (TPSA) is 69.7 Å². The Bertz CT molecular complexity index is 455. The largest absolute Gasteiger partial charge is 1.00 e. The normalized spacial score (nSPS) is 11.5. The Hall–Kier alpha value is 0.756. The molecule has 7 heteroatoms. The van der Waals surface area contributed by atoms with Gasteiger partial charge in [0.15, 0.2) is 0 Å². The van der Waals surface area contributed by atoms with Gasteiger partial charge < -0.3 is 5.61 Å². The summed E-state index contributed by atoms with van der Waals surface area (Å²) in [6.07, 6.45) is 19.9. The van der Waals surface area contributed by atoms with E-state index in [0.717, 1.165) is 39.2 Å². The Balaban J connectivity index is -0.00000288. The van der Waals surface area contributed by atoms with E-state index < -0.39 is 16.4 Å². The Kier molecular flexibility index (Phi) is 22.8. The van der Waals surface area contributed by atoms with E-state index >= 15 is 0 Å². The second-order valence-corrected chi connectivity index (χ2v) is 7.68. The van der Waals surface area contributed by atoms with Gasteiger partial charge >= 0.3 is 67.8 Å². The van der Waals surface area contributed by atoms with E-state index in [9.17, 15) is 13.2 Å². The van der Waals surface area contributed by atoms with Crippen LogP contribution in [0, 0.1) is 0 Å². The summed E-state index contributed by atoms with van der Waals surface area (Å²) >= 11 is 0. The summed E-state index contributed by atoms with van der Waals surface area (Å²) in [5.74, 6) is -0.750. The first kappa shape index (κ1) is 29.0. The first-order chi connectivity index (χ1) is 12.0.